The first-order chi connectivity index (χ1) is 17.3. The van der Waals surface area contributed by atoms with Crippen molar-refractivity contribution in [2.45, 2.75) is 102 Å². The molecule has 0 saturated heterocycles. The van der Waals surface area contributed by atoms with Crippen molar-refractivity contribution in [3.8, 4) is 0 Å². The molecule has 222 valence electrons. The summed E-state index contributed by atoms with van der Waals surface area (Å²) in [6, 6.07) is -9.71. The Morgan fingerprint density at radius 2 is 0.526 bits per heavy atom. The Hall–Kier alpha value is 3.57. The van der Waals surface area contributed by atoms with E-state index in [1.54, 1.807) is 0 Å². The number of rotatable bonds is 18. The zero-order valence-corrected chi connectivity index (χ0v) is 34.5. The fourth-order valence-electron chi connectivity index (χ4n) is 4.68. The van der Waals surface area contributed by atoms with Gasteiger partial charge in [-0.2, -0.15) is 0 Å². The summed E-state index contributed by atoms with van der Waals surface area (Å²) in [6.07, 6.45) is 8.51. The van der Waals surface area contributed by atoms with Gasteiger partial charge in [-0.1, -0.05) is 26.7 Å². The minimum absolute atomic E-state index is 0.466. The third kappa shape index (κ3) is 16.6. The quantitative estimate of drug-likeness (QED) is 0.102. The molecule has 0 aliphatic heterocycles. The smallest absolute Gasteiger partial charge is 0.126 e. The summed E-state index contributed by atoms with van der Waals surface area (Å²) in [4.78, 5) is 0. The topological polar surface area (TPSA) is 0 Å². The van der Waals surface area contributed by atoms with Crippen molar-refractivity contribution >= 4 is 157 Å². The van der Waals surface area contributed by atoms with Gasteiger partial charge >= 0.3 is 24.0 Å². The second-order valence-corrected chi connectivity index (χ2v) is 46.7. The van der Waals surface area contributed by atoms with Gasteiger partial charge in [-0.15, -0.1) is 133 Å². The molecule has 0 aliphatic carbocycles. The molecular formula is C22H34Cl12Si4. The second-order valence-electron chi connectivity index (χ2n) is 9.54. The standard InChI is InChI=1S/C22H34Cl12Si4/c1-3-5-7-17-18(8-6-4-2)20(10-14-36(26,27)28)22(12-16-38(32,33)34)21(11-15-37(29,30)31)19(17)9-13-35(23,24)25/h3-16H2,1-2H3. The van der Waals surface area contributed by atoms with Crippen LogP contribution in [0.2, 0.25) is 24.2 Å². The van der Waals surface area contributed by atoms with Crippen LogP contribution in [0.25, 0.3) is 0 Å². The van der Waals surface area contributed by atoms with Crippen molar-refractivity contribution in [2.75, 3.05) is 0 Å². The molecule has 0 radical (unpaired) electrons. The Bertz CT molecular complexity index is 803. The number of hydrogen-bond acceptors (Lipinski definition) is 0. The molecule has 16 heteroatoms. The Balaban J connectivity index is 4.05. The molecule has 38 heavy (non-hydrogen) atoms. The third-order valence-corrected chi connectivity index (χ3v) is 16.5. The maximum absolute atomic E-state index is 6.38. The third-order valence-electron chi connectivity index (χ3n) is 6.38. The van der Waals surface area contributed by atoms with Crippen LogP contribution in [0.3, 0.4) is 0 Å². The van der Waals surface area contributed by atoms with Gasteiger partial charge in [0.15, 0.2) is 0 Å². The van der Waals surface area contributed by atoms with Crippen LogP contribution in [0.1, 0.15) is 72.9 Å². The number of halogens is 12. The molecule has 0 spiro atoms. The highest BCUT2D eigenvalue weighted by molar-refractivity contribution is 7.66. The minimum Gasteiger partial charge on any atom is -0.126 e. The molecule has 0 heterocycles. The lowest BCUT2D eigenvalue weighted by molar-refractivity contribution is 0.735. The normalized spacial score (nSPS) is 13.4. The van der Waals surface area contributed by atoms with Crippen molar-refractivity contribution < 1.29 is 0 Å². The van der Waals surface area contributed by atoms with E-state index < -0.39 is 24.0 Å². The molecule has 1 rings (SSSR count). The molecule has 1 aromatic rings. The number of unbranched alkanes of at least 4 members (excludes halogenated alkanes) is 2. The largest absolute Gasteiger partial charge is 0.341 e. The Morgan fingerprint density at radius 3 is 0.684 bits per heavy atom. The van der Waals surface area contributed by atoms with E-state index in [1.807, 2.05) is 0 Å². The molecular weight excluding hydrogens is 802 g/mol. The Morgan fingerprint density at radius 1 is 0.342 bits per heavy atom. The van der Waals surface area contributed by atoms with Gasteiger partial charge in [-0.3, -0.25) is 0 Å². The zero-order chi connectivity index (χ0) is 29.4. The van der Waals surface area contributed by atoms with E-state index in [9.17, 15) is 0 Å². The van der Waals surface area contributed by atoms with Crippen LogP contribution in [0, 0.1) is 0 Å². The molecule has 0 fully saturated rings. The van der Waals surface area contributed by atoms with E-state index in [-0.39, 0.29) is 0 Å². The summed E-state index contributed by atoms with van der Waals surface area (Å²) in [5.74, 6) is 0. The van der Waals surface area contributed by atoms with Gasteiger partial charge in [0.05, 0.1) is 0 Å². The molecule has 0 amide bonds. The average Bonchev–Trinajstić information content (AvgIpc) is 2.74. The SMILES string of the molecule is CCCCc1c(CCCC)c(CC[Si](Cl)(Cl)Cl)c(CC[Si](Cl)(Cl)Cl)c(CC[Si](Cl)(Cl)Cl)c1CC[Si](Cl)(Cl)Cl. The van der Waals surface area contributed by atoms with Gasteiger partial charge < -0.3 is 0 Å². The molecule has 0 saturated carbocycles. The van der Waals surface area contributed by atoms with Gasteiger partial charge in [0.25, 0.3) is 0 Å². The predicted octanol–water partition coefficient (Wildman–Crippen LogP) is 13.2. The predicted molar refractivity (Wildman–Crippen MR) is 191 cm³/mol. The first-order valence-corrected chi connectivity index (χ1v) is 33.7. The van der Waals surface area contributed by atoms with E-state index in [4.69, 9.17) is 133 Å². The lowest BCUT2D eigenvalue weighted by Crippen LogP contribution is -2.21. The summed E-state index contributed by atoms with van der Waals surface area (Å²) < 4.78 is 0. The van der Waals surface area contributed by atoms with E-state index in [0.717, 1.165) is 49.7 Å². The first kappa shape index (κ1) is 39.6. The molecule has 0 aromatic heterocycles. The first-order valence-electron chi connectivity index (χ1n) is 12.7. The molecule has 0 unspecified atom stereocenters. The minimum atomic E-state index is -2.93. The summed E-state index contributed by atoms with van der Waals surface area (Å²) in [5, 5.41) is 0. The molecule has 0 bridgehead atoms. The average molecular weight is 836 g/mol. The van der Waals surface area contributed by atoms with Gasteiger partial charge in [0.1, 0.15) is 0 Å². The Kier molecular flexibility index (Phi) is 18.6. The maximum atomic E-state index is 6.38. The fraction of sp³-hybridized carbons (Fsp3) is 0.727. The van der Waals surface area contributed by atoms with Crippen LogP contribution in [0.5, 0.6) is 0 Å². The highest BCUT2D eigenvalue weighted by Crippen LogP contribution is 2.41. The van der Waals surface area contributed by atoms with Crippen molar-refractivity contribution in [1.29, 1.82) is 0 Å². The second kappa shape index (κ2) is 17.9. The van der Waals surface area contributed by atoms with Crippen LogP contribution < -0.4 is 0 Å². The summed E-state index contributed by atoms with van der Waals surface area (Å²) >= 11 is 76.6. The van der Waals surface area contributed by atoms with E-state index in [0.29, 0.717) is 49.9 Å². The highest BCUT2D eigenvalue weighted by atomic mass is 35.9. The van der Waals surface area contributed by atoms with Crippen molar-refractivity contribution in [1.82, 2.24) is 0 Å². The van der Waals surface area contributed by atoms with Gasteiger partial charge in [0.2, 0.25) is 0 Å². The summed E-state index contributed by atoms with van der Waals surface area (Å²) in [7, 11) is 0. The van der Waals surface area contributed by atoms with E-state index in [2.05, 4.69) is 13.8 Å². The summed E-state index contributed by atoms with van der Waals surface area (Å²) in [5.41, 5.74) is 7.34. The lowest BCUT2D eigenvalue weighted by Gasteiger charge is -2.29. The number of benzene rings is 1. The van der Waals surface area contributed by atoms with E-state index >= 15 is 0 Å². The fourth-order valence-corrected chi connectivity index (χ4v) is 10.2. The lowest BCUT2D eigenvalue weighted by atomic mass is 9.79. The van der Waals surface area contributed by atoms with Crippen molar-refractivity contribution in [3.63, 3.8) is 0 Å². The van der Waals surface area contributed by atoms with Crippen LogP contribution in [0.4, 0.5) is 0 Å². The van der Waals surface area contributed by atoms with Crippen LogP contribution in [-0.4, -0.2) is 24.0 Å². The monoisotopic (exact) mass is 830 g/mol. The van der Waals surface area contributed by atoms with Gasteiger partial charge in [-0.25, -0.2) is 0 Å². The Labute approximate surface area is 289 Å². The van der Waals surface area contributed by atoms with E-state index in [1.165, 1.54) is 22.3 Å². The maximum Gasteiger partial charge on any atom is 0.341 e. The highest BCUT2D eigenvalue weighted by Gasteiger charge is 2.33. The molecule has 0 aliphatic rings. The van der Waals surface area contributed by atoms with Crippen LogP contribution >= 0.6 is 133 Å². The molecule has 0 atom stereocenters. The van der Waals surface area contributed by atoms with Gasteiger partial charge in [0, 0.05) is 0 Å². The van der Waals surface area contributed by atoms with Crippen molar-refractivity contribution in [2.24, 2.45) is 0 Å². The molecule has 1 aromatic carbocycles. The van der Waals surface area contributed by atoms with Crippen LogP contribution in [0.15, 0.2) is 0 Å². The van der Waals surface area contributed by atoms with Gasteiger partial charge in [-0.05, 0) is 109 Å². The zero-order valence-electron chi connectivity index (χ0n) is 21.4. The number of hydrogen-bond donors (Lipinski definition) is 0. The summed E-state index contributed by atoms with van der Waals surface area (Å²) in [6.45, 7) is 4.37. The van der Waals surface area contributed by atoms with Crippen LogP contribution in [-0.2, 0) is 38.5 Å². The van der Waals surface area contributed by atoms with Crippen molar-refractivity contribution in [3.05, 3.63) is 33.4 Å². The molecule has 0 N–H and O–H groups in total. The molecule has 0 nitrogen and oxygen atoms in total.